The highest BCUT2D eigenvalue weighted by Gasteiger charge is 2.29. The molecule has 0 aromatic carbocycles. The quantitative estimate of drug-likeness (QED) is 0.295. The number of carbonyl (C=O) groups is 4. The van der Waals surface area contributed by atoms with E-state index in [9.17, 15) is 19.2 Å². The maximum absolute atomic E-state index is 12.0. The van der Waals surface area contributed by atoms with Crippen molar-refractivity contribution >= 4 is 23.9 Å². The van der Waals surface area contributed by atoms with E-state index in [2.05, 4.69) is 0 Å². The van der Waals surface area contributed by atoms with Crippen molar-refractivity contribution in [2.45, 2.75) is 67.6 Å². The number of hydrogen-bond donors (Lipinski definition) is 0. The summed E-state index contributed by atoms with van der Waals surface area (Å²) in [5, 5.41) is 0. The third-order valence-electron chi connectivity index (χ3n) is 3.94. The summed E-state index contributed by atoms with van der Waals surface area (Å²) in [6.45, 7) is 13.3. The molecule has 8 nitrogen and oxygen atoms in total. The van der Waals surface area contributed by atoms with E-state index in [1.165, 1.54) is 13.8 Å². The monoisotopic (exact) mass is 402 g/mol. The van der Waals surface area contributed by atoms with Gasteiger partial charge in [-0.2, -0.15) is 0 Å². The topological polar surface area (TPSA) is 105 Å². The van der Waals surface area contributed by atoms with Crippen molar-refractivity contribution in [2.75, 3.05) is 13.2 Å². The fraction of sp³-hybridized carbons (Fsp3) is 0.800. The fourth-order valence-corrected chi connectivity index (χ4v) is 1.92. The van der Waals surface area contributed by atoms with Crippen LogP contribution in [0.2, 0.25) is 0 Å². The summed E-state index contributed by atoms with van der Waals surface area (Å²) in [6, 6.07) is 0. The molecule has 0 saturated heterocycles. The average molecular weight is 402 g/mol. The van der Waals surface area contributed by atoms with Gasteiger partial charge >= 0.3 is 23.9 Å². The second-order valence-corrected chi connectivity index (χ2v) is 7.68. The minimum Gasteiger partial charge on any atom is -0.465 e. The van der Waals surface area contributed by atoms with Crippen molar-refractivity contribution in [2.24, 2.45) is 23.7 Å². The van der Waals surface area contributed by atoms with Gasteiger partial charge < -0.3 is 18.9 Å². The molecular weight excluding hydrogens is 368 g/mol. The first-order valence-electron chi connectivity index (χ1n) is 9.61. The van der Waals surface area contributed by atoms with Gasteiger partial charge in [-0.1, -0.05) is 13.8 Å². The third-order valence-corrected chi connectivity index (χ3v) is 3.94. The van der Waals surface area contributed by atoms with Crippen LogP contribution in [-0.2, 0) is 38.1 Å². The van der Waals surface area contributed by atoms with Gasteiger partial charge in [0.15, 0.2) is 11.8 Å². The zero-order chi connectivity index (χ0) is 22.0. The van der Waals surface area contributed by atoms with Crippen LogP contribution in [0.4, 0.5) is 0 Å². The maximum Gasteiger partial charge on any atom is 0.320 e. The van der Waals surface area contributed by atoms with Crippen LogP contribution in [0.5, 0.6) is 0 Å². The minimum atomic E-state index is -1.04. The second-order valence-electron chi connectivity index (χ2n) is 7.68. The van der Waals surface area contributed by atoms with Gasteiger partial charge in [0.25, 0.3) is 0 Å². The van der Waals surface area contributed by atoms with Crippen LogP contribution >= 0.6 is 0 Å². The van der Waals surface area contributed by atoms with Crippen LogP contribution in [-0.4, -0.2) is 49.3 Å². The van der Waals surface area contributed by atoms with Crippen molar-refractivity contribution in [1.29, 1.82) is 0 Å². The largest absolute Gasteiger partial charge is 0.465 e. The number of rotatable bonds is 11. The Balaban J connectivity index is 4.61. The molecule has 0 bridgehead atoms. The van der Waals surface area contributed by atoms with E-state index < -0.39 is 35.7 Å². The lowest BCUT2D eigenvalue weighted by atomic mass is 9.97. The zero-order valence-corrected chi connectivity index (χ0v) is 18.1. The van der Waals surface area contributed by atoms with Crippen molar-refractivity contribution in [3.63, 3.8) is 0 Å². The molecule has 0 heterocycles. The normalized spacial score (nSPS) is 14.4. The molecule has 162 valence electrons. The summed E-state index contributed by atoms with van der Waals surface area (Å²) in [5.74, 6) is -5.01. The van der Waals surface area contributed by atoms with Gasteiger partial charge in [0.1, 0.15) is 0 Å². The Bertz CT molecular complexity index is 494. The Hall–Kier alpha value is -2.12. The second kappa shape index (κ2) is 12.4. The highest BCUT2D eigenvalue weighted by molar-refractivity contribution is 5.95. The Morgan fingerprint density at radius 1 is 0.571 bits per heavy atom. The zero-order valence-electron chi connectivity index (χ0n) is 18.1. The van der Waals surface area contributed by atoms with E-state index >= 15 is 0 Å². The molecule has 0 aromatic rings. The van der Waals surface area contributed by atoms with Crippen LogP contribution < -0.4 is 0 Å². The molecule has 0 radical (unpaired) electrons. The van der Waals surface area contributed by atoms with Gasteiger partial charge in [-0.3, -0.25) is 19.2 Å². The first kappa shape index (κ1) is 25.9. The summed E-state index contributed by atoms with van der Waals surface area (Å²) in [6.07, 6.45) is -0.648. The van der Waals surface area contributed by atoms with E-state index in [1.54, 1.807) is 27.7 Å². The van der Waals surface area contributed by atoms with Gasteiger partial charge in [-0.05, 0) is 47.5 Å². The lowest BCUT2D eigenvalue weighted by Gasteiger charge is -2.22. The molecule has 2 atom stereocenters. The van der Waals surface area contributed by atoms with Gasteiger partial charge in [0.05, 0.1) is 25.4 Å². The Morgan fingerprint density at radius 2 is 0.893 bits per heavy atom. The van der Waals surface area contributed by atoms with Crippen LogP contribution in [0.25, 0.3) is 0 Å². The predicted molar refractivity (Wildman–Crippen MR) is 101 cm³/mol. The summed E-state index contributed by atoms with van der Waals surface area (Å²) < 4.78 is 20.4. The molecule has 0 amide bonds. The lowest BCUT2D eigenvalue weighted by molar-refractivity contribution is -0.165. The molecule has 0 aliphatic carbocycles. The van der Waals surface area contributed by atoms with Crippen molar-refractivity contribution in [1.82, 2.24) is 0 Å². The first-order valence-corrected chi connectivity index (χ1v) is 9.61. The summed E-state index contributed by atoms with van der Waals surface area (Å²) in [5.41, 5.74) is 0. The lowest BCUT2D eigenvalue weighted by Crippen LogP contribution is -2.32. The minimum absolute atomic E-state index is 0.0199. The first-order chi connectivity index (χ1) is 12.9. The number of hydrogen-bond acceptors (Lipinski definition) is 8. The van der Waals surface area contributed by atoms with Gasteiger partial charge in [-0.15, -0.1) is 0 Å². The molecule has 0 aliphatic heterocycles. The molecule has 0 spiro atoms. The molecule has 0 N–H and O–H groups in total. The molecule has 0 rings (SSSR count). The predicted octanol–water partition coefficient (Wildman–Crippen LogP) is 2.52. The molecule has 0 aromatic heterocycles. The highest BCUT2D eigenvalue weighted by Crippen LogP contribution is 2.15. The van der Waals surface area contributed by atoms with Crippen LogP contribution in [0, 0.1) is 23.7 Å². The van der Waals surface area contributed by atoms with E-state index in [0.717, 1.165) is 0 Å². The van der Waals surface area contributed by atoms with E-state index in [1.807, 2.05) is 13.8 Å². The number of esters is 4. The molecular formula is C20H34O8. The van der Waals surface area contributed by atoms with Gasteiger partial charge in [0, 0.05) is 5.92 Å². The van der Waals surface area contributed by atoms with Crippen LogP contribution in [0.1, 0.15) is 55.4 Å². The van der Waals surface area contributed by atoms with E-state index in [-0.39, 0.29) is 37.3 Å². The smallest absolute Gasteiger partial charge is 0.320 e. The van der Waals surface area contributed by atoms with Gasteiger partial charge in [-0.25, -0.2) is 0 Å². The maximum atomic E-state index is 12.0. The van der Waals surface area contributed by atoms with E-state index in [4.69, 9.17) is 18.9 Å². The number of carbonyl (C=O) groups excluding carboxylic acids is 4. The SMILES string of the molecule is CC(C)OC(=O)C(C)C(=O)OCC(COC(=O)C(C)C(=O)OC(C)C)C(C)C. The molecule has 0 saturated carbocycles. The highest BCUT2D eigenvalue weighted by atomic mass is 16.6. The molecule has 0 fully saturated rings. The molecule has 28 heavy (non-hydrogen) atoms. The van der Waals surface area contributed by atoms with E-state index in [0.29, 0.717) is 0 Å². The summed E-state index contributed by atoms with van der Waals surface area (Å²) >= 11 is 0. The molecule has 2 unspecified atom stereocenters. The van der Waals surface area contributed by atoms with Crippen molar-refractivity contribution in [3.8, 4) is 0 Å². The van der Waals surface area contributed by atoms with Crippen LogP contribution in [0.3, 0.4) is 0 Å². The number of ether oxygens (including phenoxy) is 4. The summed E-state index contributed by atoms with van der Waals surface area (Å²) in [7, 11) is 0. The summed E-state index contributed by atoms with van der Waals surface area (Å²) in [4.78, 5) is 47.6. The third kappa shape index (κ3) is 9.71. The fourth-order valence-electron chi connectivity index (χ4n) is 1.92. The van der Waals surface area contributed by atoms with Gasteiger partial charge in [0.2, 0.25) is 0 Å². The average Bonchev–Trinajstić information content (AvgIpc) is 2.58. The molecule has 0 aliphatic rings. The van der Waals surface area contributed by atoms with Crippen molar-refractivity contribution in [3.05, 3.63) is 0 Å². The molecule has 8 heteroatoms. The Morgan fingerprint density at radius 3 is 1.14 bits per heavy atom. The Labute approximate surface area is 167 Å². The van der Waals surface area contributed by atoms with Crippen LogP contribution in [0.15, 0.2) is 0 Å². The Kier molecular flexibility index (Phi) is 11.4. The standard InChI is InChI=1S/C20H34O8/c1-11(2)16(9-25-17(21)14(7)19(23)27-12(3)4)10-26-18(22)15(8)20(24)28-13(5)6/h11-16H,9-10H2,1-8H3. The van der Waals surface area contributed by atoms with Crippen molar-refractivity contribution < 1.29 is 38.1 Å².